The molecule has 0 heterocycles. The number of aryl methyl sites for hydroxylation is 1. The molecule has 0 fully saturated rings. The zero-order valence-electron chi connectivity index (χ0n) is 27.3. The van der Waals surface area contributed by atoms with E-state index in [-0.39, 0.29) is 49.7 Å². The number of benzene rings is 2. The van der Waals surface area contributed by atoms with Crippen molar-refractivity contribution in [3.05, 3.63) is 66.7 Å². The minimum absolute atomic E-state index is 0.00322. The molecule has 0 saturated carbocycles. The van der Waals surface area contributed by atoms with Crippen LogP contribution in [0.15, 0.2) is 66.1 Å². The highest BCUT2D eigenvalue weighted by molar-refractivity contribution is 7.90. The van der Waals surface area contributed by atoms with E-state index in [1.165, 1.54) is 56.3 Å². The van der Waals surface area contributed by atoms with Crippen molar-refractivity contribution in [1.29, 1.82) is 0 Å². The first-order chi connectivity index (χ1) is 21.4. The number of rotatable bonds is 16. The summed E-state index contributed by atoms with van der Waals surface area (Å²) in [6.45, 7) is 13.1. The third-order valence-corrected chi connectivity index (χ3v) is 8.98. The van der Waals surface area contributed by atoms with E-state index >= 15 is 0 Å². The van der Waals surface area contributed by atoms with Crippen molar-refractivity contribution in [1.82, 2.24) is 10.0 Å². The lowest BCUT2D eigenvalue weighted by atomic mass is 9.65. The number of hydrogen-bond donors (Lipinski definition) is 4. The molecule has 13 heteroatoms. The Morgan fingerprint density at radius 3 is 2.04 bits per heavy atom. The maximum absolute atomic E-state index is 13.4. The molecule has 0 radical (unpaired) electrons. The number of carbonyl (C=O) groups excluding carboxylic acids is 4. The van der Waals surface area contributed by atoms with Crippen molar-refractivity contribution in [3.63, 3.8) is 0 Å². The third kappa shape index (κ3) is 10.6. The number of carbonyl (C=O) groups is 4. The molecule has 0 aliphatic heterocycles. The topological polar surface area (TPSA) is 177 Å². The molecule has 12 nitrogen and oxygen atoms in total. The number of sulfonamides is 1. The SMILES string of the molecule is C=CCOC(=O)C(C)(CC(C)(C)C(=O)NS(=O)(=O)c1ccc(C)cc1)CC(C)(CC)C(=O)OCCNC(=O)Nc1ccc(O)cc1. The summed E-state index contributed by atoms with van der Waals surface area (Å²) in [5.41, 5.74) is -2.73. The van der Waals surface area contributed by atoms with Gasteiger partial charge in [0.2, 0.25) is 5.91 Å². The first-order valence-corrected chi connectivity index (χ1v) is 16.3. The number of nitrogens with one attached hydrogen (secondary N) is 3. The number of amides is 3. The highest BCUT2D eigenvalue weighted by atomic mass is 32.2. The van der Waals surface area contributed by atoms with Gasteiger partial charge in [-0.05, 0) is 76.4 Å². The number of esters is 2. The number of phenolic OH excluding ortho intramolecular Hbond substituents is 1. The van der Waals surface area contributed by atoms with Gasteiger partial charge in [0.1, 0.15) is 19.0 Å². The van der Waals surface area contributed by atoms with Crippen molar-refractivity contribution in [2.45, 2.75) is 65.7 Å². The van der Waals surface area contributed by atoms with Crippen molar-refractivity contribution < 1.29 is 42.2 Å². The van der Waals surface area contributed by atoms with Crippen molar-refractivity contribution >= 4 is 39.6 Å². The van der Waals surface area contributed by atoms with Crippen LogP contribution < -0.4 is 15.4 Å². The van der Waals surface area contributed by atoms with E-state index in [0.29, 0.717) is 5.69 Å². The van der Waals surface area contributed by atoms with Gasteiger partial charge in [-0.2, -0.15) is 0 Å². The van der Waals surface area contributed by atoms with E-state index in [1.807, 2.05) is 0 Å². The second kappa shape index (κ2) is 15.7. The van der Waals surface area contributed by atoms with Crippen molar-refractivity contribution in [2.75, 3.05) is 25.1 Å². The Labute approximate surface area is 271 Å². The zero-order valence-corrected chi connectivity index (χ0v) is 28.1. The normalized spacial score (nSPS) is 14.1. The lowest BCUT2D eigenvalue weighted by molar-refractivity contribution is -0.165. The molecule has 2 aromatic rings. The van der Waals surface area contributed by atoms with E-state index in [9.17, 15) is 32.7 Å². The molecule has 0 saturated heterocycles. The fourth-order valence-corrected chi connectivity index (χ4v) is 6.15. The van der Waals surface area contributed by atoms with Crippen LogP contribution in [0.3, 0.4) is 0 Å². The molecule has 0 aliphatic carbocycles. The molecule has 0 aliphatic rings. The first-order valence-electron chi connectivity index (χ1n) is 14.8. The molecular weight excluding hydrogens is 614 g/mol. The van der Waals surface area contributed by atoms with Gasteiger partial charge in [-0.1, -0.05) is 51.1 Å². The molecule has 2 aromatic carbocycles. The van der Waals surface area contributed by atoms with Crippen LogP contribution in [0.2, 0.25) is 0 Å². The van der Waals surface area contributed by atoms with E-state index in [4.69, 9.17) is 9.47 Å². The van der Waals surface area contributed by atoms with Gasteiger partial charge < -0.3 is 25.2 Å². The second-order valence-corrected chi connectivity index (χ2v) is 14.1. The summed E-state index contributed by atoms with van der Waals surface area (Å²) in [5, 5.41) is 14.5. The van der Waals surface area contributed by atoms with E-state index in [2.05, 4.69) is 21.9 Å². The largest absolute Gasteiger partial charge is 0.508 e. The van der Waals surface area contributed by atoms with Gasteiger partial charge >= 0.3 is 18.0 Å². The molecule has 2 rings (SSSR count). The zero-order chi connectivity index (χ0) is 34.8. The quantitative estimate of drug-likeness (QED) is 0.0851. The summed E-state index contributed by atoms with van der Waals surface area (Å²) >= 11 is 0. The number of urea groups is 1. The van der Waals surface area contributed by atoms with E-state index in [1.54, 1.807) is 39.8 Å². The lowest BCUT2D eigenvalue weighted by Gasteiger charge is -2.39. The number of ether oxygens (including phenoxy) is 2. The van der Waals surface area contributed by atoms with E-state index < -0.39 is 50.1 Å². The Balaban J connectivity index is 2.15. The Morgan fingerprint density at radius 2 is 1.48 bits per heavy atom. The molecule has 46 heavy (non-hydrogen) atoms. The molecule has 3 amide bonds. The molecule has 0 spiro atoms. The first kappa shape index (κ1) is 37.8. The summed E-state index contributed by atoms with van der Waals surface area (Å²) in [7, 11) is -4.19. The minimum atomic E-state index is -4.19. The molecule has 2 unspecified atom stereocenters. The molecule has 0 bridgehead atoms. The third-order valence-electron chi connectivity index (χ3n) is 7.63. The Bertz CT molecular complexity index is 1510. The second-order valence-electron chi connectivity index (χ2n) is 12.4. The highest BCUT2D eigenvalue weighted by Crippen LogP contribution is 2.45. The summed E-state index contributed by atoms with van der Waals surface area (Å²) in [4.78, 5) is 52.2. The average molecular weight is 660 g/mol. The Hall–Kier alpha value is -4.39. The fraction of sp³-hybridized carbons (Fsp3) is 0.455. The smallest absolute Gasteiger partial charge is 0.319 e. The van der Waals surface area contributed by atoms with Gasteiger partial charge in [-0.25, -0.2) is 17.9 Å². The van der Waals surface area contributed by atoms with Crippen LogP contribution in [0.1, 0.15) is 59.4 Å². The van der Waals surface area contributed by atoms with Crippen LogP contribution in [0, 0.1) is 23.2 Å². The van der Waals surface area contributed by atoms with Gasteiger partial charge in [0.15, 0.2) is 0 Å². The monoisotopic (exact) mass is 659 g/mol. The maximum atomic E-state index is 13.4. The molecule has 0 aromatic heterocycles. The van der Waals surface area contributed by atoms with Crippen LogP contribution in [-0.4, -0.2) is 57.2 Å². The number of hydrogen-bond acceptors (Lipinski definition) is 9. The predicted molar refractivity (Wildman–Crippen MR) is 173 cm³/mol. The summed E-state index contributed by atoms with van der Waals surface area (Å²) in [6.07, 6.45) is 1.41. The summed E-state index contributed by atoms with van der Waals surface area (Å²) in [6, 6.07) is 11.4. The van der Waals surface area contributed by atoms with Gasteiger partial charge in [-0.15, -0.1) is 0 Å². The number of phenols is 1. The highest BCUT2D eigenvalue weighted by Gasteiger charge is 2.49. The van der Waals surface area contributed by atoms with Gasteiger partial charge in [0, 0.05) is 11.1 Å². The number of aromatic hydroxyl groups is 1. The number of anilines is 1. The van der Waals surface area contributed by atoms with Crippen LogP contribution >= 0.6 is 0 Å². The summed E-state index contributed by atoms with van der Waals surface area (Å²) < 4.78 is 38.9. The standard InChI is InChI=1S/C33H45N3O9S/c1-8-19-44-29(40)33(7,21-31(4,5)27(38)36-46(42,43)26-16-10-23(3)11-17-26)22-32(6,9-2)28(39)45-20-18-34-30(41)35-24-12-14-25(37)15-13-24/h8,10-17,37H,1,9,18-22H2,2-7H3,(H,36,38)(H2,34,35,41). The molecule has 252 valence electrons. The Morgan fingerprint density at radius 1 is 0.891 bits per heavy atom. The average Bonchev–Trinajstić information content (AvgIpc) is 2.98. The van der Waals surface area contributed by atoms with Crippen molar-refractivity contribution in [2.24, 2.45) is 16.2 Å². The maximum Gasteiger partial charge on any atom is 0.319 e. The van der Waals surface area contributed by atoms with Crippen LogP contribution in [0.5, 0.6) is 5.75 Å². The van der Waals surface area contributed by atoms with Crippen LogP contribution in [0.25, 0.3) is 0 Å². The van der Waals surface area contributed by atoms with Crippen LogP contribution in [-0.2, 0) is 33.9 Å². The molecular formula is C33H45N3O9S. The minimum Gasteiger partial charge on any atom is -0.508 e. The van der Waals surface area contributed by atoms with Crippen LogP contribution in [0.4, 0.5) is 10.5 Å². The lowest BCUT2D eigenvalue weighted by Crippen LogP contribution is -2.47. The van der Waals surface area contributed by atoms with Crippen molar-refractivity contribution in [3.8, 4) is 5.75 Å². The summed E-state index contributed by atoms with van der Waals surface area (Å²) in [5.74, 6) is -2.08. The Kier molecular flexibility index (Phi) is 12.9. The predicted octanol–water partition coefficient (Wildman–Crippen LogP) is 4.83. The fourth-order valence-electron chi connectivity index (χ4n) is 5.01. The van der Waals surface area contributed by atoms with Gasteiger partial charge in [0.25, 0.3) is 10.0 Å². The van der Waals surface area contributed by atoms with Gasteiger partial charge in [-0.3, -0.25) is 14.4 Å². The molecule has 2 atom stereocenters. The molecule has 4 N–H and O–H groups in total. The van der Waals surface area contributed by atoms with Gasteiger partial charge in [0.05, 0.1) is 22.3 Å². The van der Waals surface area contributed by atoms with E-state index in [0.717, 1.165) is 5.56 Å².